The molecule has 0 bridgehead atoms. The highest BCUT2D eigenvalue weighted by molar-refractivity contribution is 6.35. The summed E-state index contributed by atoms with van der Waals surface area (Å²) in [6.07, 6.45) is 2.24. The molecule has 0 spiro atoms. The topological polar surface area (TPSA) is 62.2 Å². The van der Waals surface area contributed by atoms with Gasteiger partial charge in [0.25, 0.3) is 0 Å². The van der Waals surface area contributed by atoms with Crippen LogP contribution in [0.25, 0.3) is 0 Å². The van der Waals surface area contributed by atoms with Crippen molar-refractivity contribution in [3.63, 3.8) is 0 Å². The van der Waals surface area contributed by atoms with Crippen LogP contribution in [-0.4, -0.2) is 22.1 Å². The summed E-state index contributed by atoms with van der Waals surface area (Å²) in [7, 11) is 0. The molecule has 0 aliphatic carbocycles. The Balaban J connectivity index is 2.10. The fourth-order valence-electron chi connectivity index (χ4n) is 1.96. The number of carbonyl (C=O) groups is 1. The van der Waals surface area contributed by atoms with Crippen LogP contribution in [0.4, 0.5) is 5.82 Å². The molecule has 1 unspecified atom stereocenters. The monoisotopic (exact) mass is 290 g/mol. The highest BCUT2D eigenvalue weighted by Gasteiger charge is 2.14. The molecule has 0 aliphatic heterocycles. The summed E-state index contributed by atoms with van der Waals surface area (Å²) < 4.78 is 0. The number of anilines is 1. The zero-order chi connectivity index (χ0) is 14.5. The average Bonchev–Trinajstić information content (AvgIpc) is 2.42. The zero-order valence-corrected chi connectivity index (χ0v) is 11.8. The van der Waals surface area contributed by atoms with Gasteiger partial charge >= 0.3 is 5.97 Å². The van der Waals surface area contributed by atoms with Crippen molar-refractivity contribution in [2.45, 2.75) is 19.4 Å². The summed E-state index contributed by atoms with van der Waals surface area (Å²) >= 11 is 6.05. The molecule has 1 aromatic heterocycles. The molecule has 1 atom stereocenters. The van der Waals surface area contributed by atoms with Crippen LogP contribution in [0.1, 0.15) is 22.8 Å². The van der Waals surface area contributed by atoms with Gasteiger partial charge in [0.15, 0.2) is 0 Å². The lowest BCUT2D eigenvalue weighted by Gasteiger charge is -2.16. The Labute approximate surface area is 122 Å². The minimum atomic E-state index is -1.06. The fourth-order valence-corrected chi connectivity index (χ4v) is 2.21. The van der Waals surface area contributed by atoms with Gasteiger partial charge in [-0.2, -0.15) is 0 Å². The van der Waals surface area contributed by atoms with Crippen LogP contribution in [0.3, 0.4) is 0 Å². The summed E-state index contributed by atoms with van der Waals surface area (Å²) in [4.78, 5) is 15.1. The molecule has 0 aliphatic rings. The van der Waals surface area contributed by atoms with Gasteiger partial charge in [0.05, 0.1) is 10.6 Å². The van der Waals surface area contributed by atoms with Gasteiger partial charge in [-0.25, -0.2) is 9.78 Å². The minimum absolute atomic E-state index is 0.0519. The van der Waals surface area contributed by atoms with Crippen LogP contribution in [0.5, 0.6) is 0 Å². The maximum absolute atomic E-state index is 11.0. The molecule has 0 fully saturated rings. The molecule has 2 N–H and O–H groups in total. The molecule has 2 aromatic rings. The van der Waals surface area contributed by atoms with Crippen LogP contribution in [0, 0.1) is 0 Å². The number of aromatic nitrogens is 1. The van der Waals surface area contributed by atoms with Crippen molar-refractivity contribution in [1.29, 1.82) is 0 Å². The van der Waals surface area contributed by atoms with Crippen LogP contribution in [0.15, 0.2) is 42.6 Å². The van der Waals surface area contributed by atoms with Gasteiger partial charge in [-0.05, 0) is 25.0 Å². The molecule has 0 radical (unpaired) electrons. The Hall–Kier alpha value is -2.07. The summed E-state index contributed by atoms with van der Waals surface area (Å²) in [5.74, 6) is -0.661. The smallest absolute Gasteiger partial charge is 0.337 e. The second-order valence-electron chi connectivity index (χ2n) is 4.56. The van der Waals surface area contributed by atoms with Gasteiger partial charge < -0.3 is 10.4 Å². The number of carboxylic acid groups (broad SMARTS) is 1. The fraction of sp³-hybridized carbons (Fsp3) is 0.200. The first-order valence-corrected chi connectivity index (χ1v) is 6.64. The molecule has 0 saturated heterocycles. The third-order valence-corrected chi connectivity index (χ3v) is 3.27. The lowest BCUT2D eigenvalue weighted by atomic mass is 10.1. The van der Waals surface area contributed by atoms with E-state index in [2.05, 4.69) is 10.3 Å². The number of nitrogens with one attached hydrogen (secondary N) is 1. The Bertz CT molecular complexity index is 602. The van der Waals surface area contributed by atoms with Crippen LogP contribution in [-0.2, 0) is 6.42 Å². The summed E-state index contributed by atoms with van der Waals surface area (Å²) in [5.41, 5.74) is 1.24. The summed E-state index contributed by atoms with van der Waals surface area (Å²) in [5, 5.41) is 12.3. The van der Waals surface area contributed by atoms with Crippen molar-refractivity contribution >= 4 is 23.4 Å². The number of halogens is 1. The lowest BCUT2D eigenvalue weighted by molar-refractivity contribution is 0.0697. The molecular weight excluding hydrogens is 276 g/mol. The molecule has 1 aromatic carbocycles. The Kier molecular flexibility index (Phi) is 4.58. The van der Waals surface area contributed by atoms with Crippen molar-refractivity contribution in [1.82, 2.24) is 4.98 Å². The van der Waals surface area contributed by atoms with E-state index >= 15 is 0 Å². The number of hydrogen-bond donors (Lipinski definition) is 2. The quantitative estimate of drug-likeness (QED) is 0.885. The van der Waals surface area contributed by atoms with E-state index in [1.54, 1.807) is 0 Å². The molecule has 5 heteroatoms. The Morgan fingerprint density at radius 1 is 1.35 bits per heavy atom. The second-order valence-corrected chi connectivity index (χ2v) is 4.94. The average molecular weight is 291 g/mol. The predicted molar refractivity (Wildman–Crippen MR) is 79.4 cm³/mol. The van der Waals surface area contributed by atoms with E-state index in [-0.39, 0.29) is 16.6 Å². The minimum Gasteiger partial charge on any atom is -0.478 e. The van der Waals surface area contributed by atoms with Gasteiger partial charge in [0.1, 0.15) is 5.82 Å². The maximum atomic E-state index is 11.0. The van der Waals surface area contributed by atoms with E-state index in [0.717, 1.165) is 6.42 Å². The predicted octanol–water partition coefficient (Wildman–Crippen LogP) is 3.48. The highest BCUT2D eigenvalue weighted by atomic mass is 35.5. The maximum Gasteiger partial charge on any atom is 0.337 e. The van der Waals surface area contributed by atoms with Gasteiger partial charge in [-0.1, -0.05) is 41.9 Å². The first kappa shape index (κ1) is 14.3. The Morgan fingerprint density at radius 2 is 2.05 bits per heavy atom. The van der Waals surface area contributed by atoms with E-state index < -0.39 is 5.97 Å². The van der Waals surface area contributed by atoms with Gasteiger partial charge in [-0.15, -0.1) is 0 Å². The molecule has 20 heavy (non-hydrogen) atoms. The number of carboxylic acids is 1. The van der Waals surface area contributed by atoms with Crippen molar-refractivity contribution < 1.29 is 9.90 Å². The number of pyridine rings is 1. The normalized spacial score (nSPS) is 11.9. The standard InChI is InChI=1S/C15H15ClN2O2/c1-10(9-11-5-3-2-4-6-11)18-14-13(16)12(15(19)20)7-8-17-14/h2-8,10H,9H2,1H3,(H,17,18)(H,19,20). The van der Waals surface area contributed by atoms with E-state index in [1.165, 1.54) is 17.8 Å². The van der Waals surface area contributed by atoms with Crippen molar-refractivity contribution in [3.8, 4) is 0 Å². The van der Waals surface area contributed by atoms with Crippen molar-refractivity contribution in [2.75, 3.05) is 5.32 Å². The highest BCUT2D eigenvalue weighted by Crippen LogP contribution is 2.24. The third kappa shape index (κ3) is 3.48. The van der Waals surface area contributed by atoms with Crippen molar-refractivity contribution in [2.24, 2.45) is 0 Å². The third-order valence-electron chi connectivity index (χ3n) is 2.89. The molecule has 104 valence electrons. The van der Waals surface area contributed by atoms with Gasteiger partial charge in [-0.3, -0.25) is 0 Å². The second kappa shape index (κ2) is 6.39. The molecule has 4 nitrogen and oxygen atoms in total. The van der Waals surface area contributed by atoms with Gasteiger partial charge in [0, 0.05) is 12.2 Å². The van der Waals surface area contributed by atoms with E-state index in [0.29, 0.717) is 5.82 Å². The number of rotatable bonds is 5. The first-order chi connectivity index (χ1) is 9.58. The van der Waals surface area contributed by atoms with E-state index in [9.17, 15) is 4.79 Å². The van der Waals surface area contributed by atoms with E-state index in [4.69, 9.17) is 16.7 Å². The molecule has 0 saturated carbocycles. The molecule has 1 heterocycles. The van der Waals surface area contributed by atoms with Crippen LogP contribution in [0.2, 0.25) is 5.02 Å². The largest absolute Gasteiger partial charge is 0.478 e. The van der Waals surface area contributed by atoms with Crippen LogP contribution >= 0.6 is 11.6 Å². The zero-order valence-electron chi connectivity index (χ0n) is 11.0. The van der Waals surface area contributed by atoms with Crippen molar-refractivity contribution in [3.05, 3.63) is 58.7 Å². The number of hydrogen-bond acceptors (Lipinski definition) is 3. The first-order valence-electron chi connectivity index (χ1n) is 6.26. The van der Waals surface area contributed by atoms with E-state index in [1.807, 2.05) is 37.3 Å². The van der Waals surface area contributed by atoms with Gasteiger partial charge in [0.2, 0.25) is 0 Å². The molecular formula is C15H15ClN2O2. The summed E-state index contributed by atoms with van der Waals surface area (Å²) in [6.45, 7) is 2.00. The number of nitrogens with zero attached hydrogens (tertiary/aromatic N) is 1. The summed E-state index contributed by atoms with van der Waals surface area (Å²) in [6, 6.07) is 11.5. The molecule has 2 rings (SSSR count). The number of aromatic carboxylic acids is 1. The molecule has 0 amide bonds. The lowest BCUT2D eigenvalue weighted by Crippen LogP contribution is -2.19. The SMILES string of the molecule is CC(Cc1ccccc1)Nc1nccc(C(=O)O)c1Cl. The number of benzene rings is 1. The van der Waals surface area contributed by atoms with Crippen LogP contribution < -0.4 is 5.32 Å². The Morgan fingerprint density at radius 3 is 2.70 bits per heavy atom.